The van der Waals surface area contributed by atoms with Crippen LogP contribution in [0, 0.1) is 5.41 Å². The van der Waals surface area contributed by atoms with Crippen LogP contribution < -0.4 is 0 Å². The number of hydrogen-bond acceptors (Lipinski definition) is 4. The largest absolute Gasteiger partial charge is 0.294 e. The first-order valence-corrected chi connectivity index (χ1v) is 12.8. The van der Waals surface area contributed by atoms with E-state index in [1.165, 1.54) is 0 Å². The fourth-order valence-corrected chi connectivity index (χ4v) is 7.22. The zero-order valence-electron chi connectivity index (χ0n) is 17.5. The highest BCUT2D eigenvalue weighted by Gasteiger charge is 2.44. The van der Waals surface area contributed by atoms with Gasteiger partial charge in [-0.15, -0.1) is 11.8 Å². The van der Waals surface area contributed by atoms with E-state index < -0.39 is 5.92 Å². The molecule has 0 radical (unpaired) electrons. The Labute approximate surface area is 201 Å². The average molecular weight is 489 g/mol. The van der Waals surface area contributed by atoms with E-state index in [1.807, 2.05) is 42.7 Å². The van der Waals surface area contributed by atoms with E-state index in [4.69, 9.17) is 23.2 Å². The van der Waals surface area contributed by atoms with Gasteiger partial charge < -0.3 is 0 Å². The van der Waals surface area contributed by atoms with E-state index in [1.54, 1.807) is 35.7 Å². The number of thioether (sulfide) groups is 2. The SMILES string of the molecule is CSC1=C(C(=O)c2ccccc2)C(c2ccc(Cl)cc2Cl)C2=C(CC(C)(C)CC2=O)S1. The van der Waals surface area contributed by atoms with Crippen LogP contribution in [0.25, 0.3) is 0 Å². The summed E-state index contributed by atoms with van der Waals surface area (Å²) in [5, 5.41) is 0.988. The Morgan fingerprint density at radius 2 is 1.81 bits per heavy atom. The van der Waals surface area contributed by atoms with Gasteiger partial charge in [-0.2, -0.15) is 0 Å². The summed E-state index contributed by atoms with van der Waals surface area (Å²) in [7, 11) is 0. The van der Waals surface area contributed by atoms with Gasteiger partial charge in [0.1, 0.15) is 0 Å². The molecule has 6 heteroatoms. The third-order valence-corrected chi connectivity index (χ3v) is 8.55. The minimum Gasteiger partial charge on any atom is -0.294 e. The zero-order valence-corrected chi connectivity index (χ0v) is 20.6. The number of carbonyl (C=O) groups excluding carboxylic acids is 2. The van der Waals surface area contributed by atoms with E-state index >= 15 is 0 Å². The lowest BCUT2D eigenvalue weighted by Gasteiger charge is -2.39. The number of hydrogen-bond donors (Lipinski definition) is 0. The first kappa shape index (κ1) is 22.7. The topological polar surface area (TPSA) is 34.1 Å². The van der Waals surface area contributed by atoms with Crippen LogP contribution >= 0.6 is 46.7 Å². The molecule has 0 spiro atoms. The van der Waals surface area contributed by atoms with Crippen molar-refractivity contribution in [2.75, 3.05) is 6.26 Å². The minimum atomic E-state index is -0.500. The molecule has 1 aliphatic carbocycles. The molecular weight excluding hydrogens is 467 g/mol. The van der Waals surface area contributed by atoms with Crippen molar-refractivity contribution in [3.05, 3.63) is 90.0 Å². The number of benzene rings is 2. The molecule has 1 aliphatic heterocycles. The maximum atomic E-state index is 13.8. The van der Waals surface area contributed by atoms with Crippen molar-refractivity contribution < 1.29 is 9.59 Å². The number of ketones is 2. The highest BCUT2D eigenvalue weighted by molar-refractivity contribution is 8.23. The summed E-state index contributed by atoms with van der Waals surface area (Å²) in [6, 6.07) is 14.5. The summed E-state index contributed by atoms with van der Waals surface area (Å²) in [6.45, 7) is 4.24. The molecule has 2 aromatic carbocycles. The van der Waals surface area contributed by atoms with E-state index in [-0.39, 0.29) is 17.0 Å². The molecule has 4 rings (SSSR count). The molecule has 2 aromatic rings. The molecule has 1 atom stereocenters. The van der Waals surface area contributed by atoms with Crippen molar-refractivity contribution in [3.63, 3.8) is 0 Å². The first-order valence-electron chi connectivity index (χ1n) is 9.99. The molecule has 1 unspecified atom stereocenters. The van der Waals surface area contributed by atoms with Gasteiger partial charge in [0.2, 0.25) is 0 Å². The first-order chi connectivity index (χ1) is 14.7. The van der Waals surface area contributed by atoms with Crippen molar-refractivity contribution in [3.8, 4) is 0 Å². The Bertz CT molecular complexity index is 1130. The zero-order chi connectivity index (χ0) is 22.3. The number of carbonyl (C=O) groups is 2. The van der Waals surface area contributed by atoms with Crippen molar-refractivity contribution in [2.45, 2.75) is 32.6 Å². The standard InChI is InChI=1S/C25H22Cl2O2S2/c1-25(2)12-18(28)21-19(13-25)31-24(30-3)22(23(29)14-7-5-4-6-8-14)20(21)16-10-9-15(26)11-17(16)27/h4-11,20H,12-13H2,1-3H3. The third-order valence-electron chi connectivity index (χ3n) is 5.63. The van der Waals surface area contributed by atoms with Crippen LogP contribution in [-0.4, -0.2) is 17.8 Å². The molecule has 160 valence electrons. The Morgan fingerprint density at radius 1 is 1.10 bits per heavy atom. The van der Waals surface area contributed by atoms with Crippen LogP contribution in [0.3, 0.4) is 0 Å². The van der Waals surface area contributed by atoms with Crippen molar-refractivity contribution in [1.82, 2.24) is 0 Å². The molecule has 2 nitrogen and oxygen atoms in total. The van der Waals surface area contributed by atoms with Gasteiger partial charge >= 0.3 is 0 Å². The van der Waals surface area contributed by atoms with Crippen molar-refractivity contribution in [1.29, 1.82) is 0 Å². The lowest BCUT2D eigenvalue weighted by molar-refractivity contribution is -0.118. The summed E-state index contributed by atoms with van der Waals surface area (Å²) in [5.74, 6) is -0.481. The number of allylic oxidation sites excluding steroid dienone is 3. The fourth-order valence-electron chi connectivity index (χ4n) is 4.29. The summed E-state index contributed by atoms with van der Waals surface area (Å²) in [5.41, 5.74) is 2.58. The van der Waals surface area contributed by atoms with Crippen LogP contribution in [0.4, 0.5) is 0 Å². The Morgan fingerprint density at radius 3 is 2.45 bits per heavy atom. The quantitative estimate of drug-likeness (QED) is 0.409. The summed E-state index contributed by atoms with van der Waals surface area (Å²) in [4.78, 5) is 28.2. The third kappa shape index (κ3) is 4.41. The van der Waals surface area contributed by atoms with Crippen molar-refractivity contribution >= 4 is 58.3 Å². The number of halogens is 2. The summed E-state index contributed by atoms with van der Waals surface area (Å²) < 4.78 is 0.925. The molecule has 0 fully saturated rings. The number of rotatable bonds is 4. The maximum Gasteiger partial charge on any atom is 0.191 e. The normalized spacial score (nSPS) is 20.7. The molecule has 2 aliphatic rings. The molecule has 0 saturated heterocycles. The highest BCUT2D eigenvalue weighted by Crippen LogP contribution is 2.57. The van der Waals surface area contributed by atoms with E-state index in [2.05, 4.69) is 13.8 Å². The Balaban J connectivity index is 1.96. The van der Waals surface area contributed by atoms with Gasteiger partial charge in [0, 0.05) is 39.1 Å². The molecule has 31 heavy (non-hydrogen) atoms. The number of Topliss-reactive ketones (excluding diaryl/α,β-unsaturated/α-hetero) is 2. The lowest BCUT2D eigenvalue weighted by atomic mass is 9.71. The second-order valence-electron chi connectivity index (χ2n) is 8.58. The van der Waals surface area contributed by atoms with Crippen LogP contribution in [0.2, 0.25) is 10.0 Å². The average Bonchev–Trinajstić information content (AvgIpc) is 2.72. The predicted octanol–water partition coefficient (Wildman–Crippen LogP) is 7.92. The van der Waals surface area contributed by atoms with Gasteiger partial charge in [-0.25, -0.2) is 0 Å². The van der Waals surface area contributed by atoms with E-state index in [0.29, 0.717) is 33.2 Å². The molecule has 0 amide bonds. The van der Waals surface area contributed by atoms with Crippen molar-refractivity contribution in [2.24, 2.45) is 5.41 Å². The Kier molecular flexibility index (Phi) is 6.47. The lowest BCUT2D eigenvalue weighted by Crippen LogP contribution is -2.31. The van der Waals surface area contributed by atoms with Crippen LogP contribution in [-0.2, 0) is 4.79 Å². The smallest absolute Gasteiger partial charge is 0.191 e. The predicted molar refractivity (Wildman–Crippen MR) is 133 cm³/mol. The van der Waals surface area contributed by atoms with Gasteiger partial charge in [0.25, 0.3) is 0 Å². The maximum absolute atomic E-state index is 13.8. The summed E-state index contributed by atoms with van der Waals surface area (Å²) in [6.07, 6.45) is 3.23. The van der Waals surface area contributed by atoms with Gasteiger partial charge in [-0.1, -0.05) is 85.2 Å². The summed E-state index contributed by atoms with van der Waals surface area (Å²) >= 11 is 15.9. The second kappa shape index (κ2) is 8.82. The van der Waals surface area contributed by atoms with Gasteiger partial charge in [-0.3, -0.25) is 9.59 Å². The van der Waals surface area contributed by atoms with Gasteiger partial charge in [0.15, 0.2) is 11.6 Å². The van der Waals surface area contributed by atoms with Crippen LogP contribution in [0.5, 0.6) is 0 Å². The van der Waals surface area contributed by atoms with Crippen LogP contribution in [0.15, 0.2) is 68.8 Å². The van der Waals surface area contributed by atoms with Crippen LogP contribution in [0.1, 0.15) is 48.5 Å². The second-order valence-corrected chi connectivity index (χ2v) is 11.6. The van der Waals surface area contributed by atoms with Gasteiger partial charge in [0.05, 0.1) is 4.24 Å². The minimum absolute atomic E-state index is 0.0716. The molecular formula is C25H22Cl2O2S2. The van der Waals surface area contributed by atoms with Gasteiger partial charge in [-0.05, 0) is 40.7 Å². The van der Waals surface area contributed by atoms with E-state index in [0.717, 1.165) is 21.1 Å². The molecule has 0 bridgehead atoms. The Hall–Kier alpha value is -1.46. The molecule has 0 aromatic heterocycles. The monoisotopic (exact) mass is 488 g/mol. The molecule has 0 saturated carbocycles. The fraction of sp³-hybridized carbons (Fsp3) is 0.280. The molecule has 0 N–H and O–H groups in total. The molecule has 1 heterocycles. The van der Waals surface area contributed by atoms with E-state index in [9.17, 15) is 9.59 Å². The highest BCUT2D eigenvalue weighted by atomic mass is 35.5.